The van der Waals surface area contributed by atoms with E-state index in [1.165, 1.54) is 6.20 Å². The third-order valence-corrected chi connectivity index (χ3v) is 1.96. The van der Waals surface area contributed by atoms with Crippen molar-refractivity contribution in [2.75, 3.05) is 0 Å². The molecule has 1 aromatic rings. The Hall–Kier alpha value is -1.14. The molecule has 84 valence electrons. The summed E-state index contributed by atoms with van der Waals surface area (Å²) in [4.78, 5) is 3.94. The maximum absolute atomic E-state index is 12.0. The molecular formula is C9H12F3N3. The van der Waals surface area contributed by atoms with Gasteiger partial charge in [0.05, 0.1) is 11.7 Å². The number of hydrogen-bond donors (Lipinski definition) is 2. The van der Waals surface area contributed by atoms with Crippen LogP contribution < -0.4 is 11.3 Å². The Morgan fingerprint density at radius 1 is 1.40 bits per heavy atom. The quantitative estimate of drug-likeness (QED) is 0.601. The SMILES string of the molecule is NNC(CCC(F)(F)F)c1ccccn1. The molecule has 3 nitrogen and oxygen atoms in total. The van der Waals surface area contributed by atoms with Gasteiger partial charge >= 0.3 is 6.18 Å². The van der Waals surface area contributed by atoms with Gasteiger partial charge in [0.25, 0.3) is 0 Å². The molecule has 0 radical (unpaired) electrons. The summed E-state index contributed by atoms with van der Waals surface area (Å²) >= 11 is 0. The number of nitrogens with zero attached hydrogens (tertiary/aromatic N) is 1. The first-order chi connectivity index (χ1) is 7.03. The number of nitrogens with two attached hydrogens (primary N) is 1. The molecule has 1 aromatic heterocycles. The third kappa shape index (κ3) is 4.26. The summed E-state index contributed by atoms with van der Waals surface area (Å²) < 4.78 is 35.9. The molecule has 0 aromatic carbocycles. The largest absolute Gasteiger partial charge is 0.389 e. The molecule has 15 heavy (non-hydrogen) atoms. The lowest BCUT2D eigenvalue weighted by Crippen LogP contribution is -2.29. The molecule has 0 fully saturated rings. The van der Waals surface area contributed by atoms with Crippen molar-refractivity contribution in [1.82, 2.24) is 10.4 Å². The Labute approximate surface area is 85.5 Å². The third-order valence-electron chi connectivity index (χ3n) is 1.96. The highest BCUT2D eigenvalue weighted by molar-refractivity contribution is 5.08. The van der Waals surface area contributed by atoms with Crippen LogP contribution in [-0.2, 0) is 0 Å². The van der Waals surface area contributed by atoms with Gasteiger partial charge in [-0.05, 0) is 18.6 Å². The van der Waals surface area contributed by atoms with Crippen LogP contribution in [0.2, 0.25) is 0 Å². The van der Waals surface area contributed by atoms with E-state index in [9.17, 15) is 13.2 Å². The van der Waals surface area contributed by atoms with Crippen LogP contribution in [0, 0.1) is 0 Å². The van der Waals surface area contributed by atoms with E-state index in [-0.39, 0.29) is 6.42 Å². The van der Waals surface area contributed by atoms with E-state index < -0.39 is 18.6 Å². The van der Waals surface area contributed by atoms with Crippen molar-refractivity contribution in [3.63, 3.8) is 0 Å². The molecule has 1 atom stereocenters. The van der Waals surface area contributed by atoms with Crippen LogP contribution >= 0.6 is 0 Å². The van der Waals surface area contributed by atoms with Gasteiger partial charge < -0.3 is 0 Å². The van der Waals surface area contributed by atoms with Gasteiger partial charge in [0, 0.05) is 12.6 Å². The minimum absolute atomic E-state index is 0.114. The Kier molecular flexibility index (Phi) is 4.05. The number of aromatic nitrogens is 1. The molecule has 0 saturated heterocycles. The second-order valence-electron chi connectivity index (χ2n) is 3.13. The first kappa shape index (κ1) is 11.9. The first-order valence-corrected chi connectivity index (χ1v) is 4.47. The fraction of sp³-hybridized carbons (Fsp3) is 0.444. The monoisotopic (exact) mass is 219 g/mol. The van der Waals surface area contributed by atoms with Crippen LogP contribution in [0.25, 0.3) is 0 Å². The molecule has 0 saturated carbocycles. The smallest absolute Gasteiger partial charge is 0.271 e. The van der Waals surface area contributed by atoms with Gasteiger partial charge in [-0.3, -0.25) is 16.3 Å². The molecule has 0 bridgehead atoms. The van der Waals surface area contributed by atoms with Crippen LogP contribution in [-0.4, -0.2) is 11.2 Å². The lowest BCUT2D eigenvalue weighted by Gasteiger charge is -2.15. The molecule has 0 amide bonds. The Balaban J connectivity index is 2.58. The fourth-order valence-electron chi connectivity index (χ4n) is 1.21. The topological polar surface area (TPSA) is 50.9 Å². The van der Waals surface area contributed by atoms with Gasteiger partial charge in [-0.1, -0.05) is 6.07 Å². The summed E-state index contributed by atoms with van der Waals surface area (Å²) in [6.07, 6.45) is -3.63. The van der Waals surface area contributed by atoms with Gasteiger partial charge in [-0.25, -0.2) is 0 Å². The normalized spacial score (nSPS) is 13.9. The van der Waals surface area contributed by atoms with E-state index >= 15 is 0 Å². The standard InChI is InChI=1S/C9H12F3N3/c10-9(11,12)5-4-8(15-13)7-3-1-2-6-14-7/h1-3,6,8,15H,4-5,13H2. The molecule has 1 rings (SSSR count). The lowest BCUT2D eigenvalue weighted by atomic mass is 10.1. The first-order valence-electron chi connectivity index (χ1n) is 4.47. The van der Waals surface area contributed by atoms with E-state index in [1.807, 2.05) is 0 Å². The molecule has 6 heteroatoms. The molecule has 3 N–H and O–H groups in total. The van der Waals surface area contributed by atoms with E-state index in [0.717, 1.165) is 0 Å². The summed E-state index contributed by atoms with van der Waals surface area (Å²) in [5.41, 5.74) is 2.85. The number of halogens is 3. The van der Waals surface area contributed by atoms with Crippen molar-refractivity contribution in [1.29, 1.82) is 0 Å². The van der Waals surface area contributed by atoms with Crippen molar-refractivity contribution in [3.8, 4) is 0 Å². The van der Waals surface area contributed by atoms with Gasteiger partial charge in [0.15, 0.2) is 0 Å². The van der Waals surface area contributed by atoms with Gasteiger partial charge in [0.1, 0.15) is 0 Å². The average Bonchev–Trinajstić information content (AvgIpc) is 2.19. The summed E-state index contributed by atoms with van der Waals surface area (Å²) in [5, 5.41) is 0. The summed E-state index contributed by atoms with van der Waals surface area (Å²) in [6, 6.07) is 4.48. The highest BCUT2D eigenvalue weighted by Gasteiger charge is 2.28. The zero-order chi connectivity index (χ0) is 11.3. The lowest BCUT2D eigenvalue weighted by molar-refractivity contribution is -0.136. The van der Waals surface area contributed by atoms with E-state index in [1.54, 1.807) is 18.2 Å². The maximum Gasteiger partial charge on any atom is 0.389 e. The Bertz CT molecular complexity index is 286. The van der Waals surface area contributed by atoms with Gasteiger partial charge in [-0.15, -0.1) is 0 Å². The molecule has 1 heterocycles. The van der Waals surface area contributed by atoms with Crippen LogP contribution in [0.5, 0.6) is 0 Å². The Morgan fingerprint density at radius 2 is 2.13 bits per heavy atom. The molecule has 0 aliphatic heterocycles. The number of rotatable bonds is 4. The predicted molar refractivity (Wildman–Crippen MR) is 49.6 cm³/mol. The van der Waals surface area contributed by atoms with Crippen LogP contribution in [0.15, 0.2) is 24.4 Å². The number of nitrogens with one attached hydrogen (secondary N) is 1. The minimum Gasteiger partial charge on any atom is -0.271 e. The van der Waals surface area contributed by atoms with Gasteiger partial charge in [0.2, 0.25) is 0 Å². The molecule has 0 spiro atoms. The summed E-state index contributed by atoms with van der Waals surface area (Å²) in [5.74, 6) is 5.18. The number of hydrogen-bond acceptors (Lipinski definition) is 3. The van der Waals surface area contributed by atoms with Crippen molar-refractivity contribution >= 4 is 0 Å². The van der Waals surface area contributed by atoms with E-state index in [4.69, 9.17) is 5.84 Å². The average molecular weight is 219 g/mol. The van der Waals surface area contributed by atoms with Crippen LogP contribution in [0.1, 0.15) is 24.6 Å². The van der Waals surface area contributed by atoms with Gasteiger partial charge in [-0.2, -0.15) is 13.2 Å². The maximum atomic E-state index is 12.0. The second kappa shape index (κ2) is 5.09. The van der Waals surface area contributed by atoms with Crippen molar-refractivity contribution < 1.29 is 13.2 Å². The van der Waals surface area contributed by atoms with Crippen LogP contribution in [0.4, 0.5) is 13.2 Å². The van der Waals surface area contributed by atoms with Crippen molar-refractivity contribution in [2.45, 2.75) is 25.1 Å². The zero-order valence-corrected chi connectivity index (χ0v) is 7.96. The molecule has 1 unspecified atom stereocenters. The second-order valence-corrected chi connectivity index (χ2v) is 3.13. The minimum atomic E-state index is -4.16. The highest BCUT2D eigenvalue weighted by Crippen LogP contribution is 2.26. The molecule has 0 aliphatic carbocycles. The van der Waals surface area contributed by atoms with E-state index in [0.29, 0.717) is 5.69 Å². The number of alkyl halides is 3. The highest BCUT2D eigenvalue weighted by atomic mass is 19.4. The Morgan fingerprint density at radius 3 is 2.60 bits per heavy atom. The predicted octanol–water partition coefficient (Wildman–Crippen LogP) is 1.93. The van der Waals surface area contributed by atoms with E-state index in [2.05, 4.69) is 10.4 Å². The summed E-state index contributed by atoms with van der Waals surface area (Å²) in [6.45, 7) is 0. The molecule has 0 aliphatic rings. The zero-order valence-electron chi connectivity index (χ0n) is 7.96. The molecular weight excluding hydrogens is 207 g/mol. The fourth-order valence-corrected chi connectivity index (χ4v) is 1.21. The summed E-state index contributed by atoms with van der Waals surface area (Å²) in [7, 11) is 0. The number of pyridine rings is 1. The van der Waals surface area contributed by atoms with Crippen molar-refractivity contribution in [2.24, 2.45) is 5.84 Å². The van der Waals surface area contributed by atoms with Crippen molar-refractivity contribution in [3.05, 3.63) is 30.1 Å². The van der Waals surface area contributed by atoms with Crippen LogP contribution in [0.3, 0.4) is 0 Å². The number of hydrazine groups is 1.